The first-order valence-electron chi connectivity index (χ1n) is 36.0. The number of hydrogen-bond acceptors (Lipinski definition) is 15. The molecule has 0 saturated carbocycles. The Bertz CT molecular complexity index is 1720. The van der Waals surface area contributed by atoms with Gasteiger partial charge in [0.15, 0.2) is 12.2 Å². The van der Waals surface area contributed by atoms with E-state index in [1.54, 1.807) is 0 Å². The molecule has 0 bridgehead atoms. The Hall–Kier alpha value is -1.94. The molecular weight excluding hydrogens is 1160 g/mol. The molecule has 0 aromatic carbocycles. The number of hydrogen-bond donors (Lipinski definition) is 3. The van der Waals surface area contributed by atoms with Gasteiger partial charge in [-0.1, -0.05) is 298 Å². The molecule has 0 aliphatic heterocycles. The quantitative estimate of drug-likeness (QED) is 0.0222. The van der Waals surface area contributed by atoms with Crippen LogP contribution in [0.15, 0.2) is 0 Å². The van der Waals surface area contributed by atoms with Gasteiger partial charge in [0.25, 0.3) is 0 Å². The lowest BCUT2D eigenvalue weighted by atomic mass is 10.00. The van der Waals surface area contributed by atoms with E-state index in [0.717, 1.165) is 102 Å². The van der Waals surface area contributed by atoms with Gasteiger partial charge >= 0.3 is 39.5 Å². The second kappa shape index (κ2) is 61.3. The normalized spacial score (nSPS) is 14.5. The molecule has 0 amide bonds. The number of aliphatic hydroxyl groups excluding tert-OH is 1. The standard InChI is InChI=1S/C69H134O17P2/c1-7-10-12-14-16-18-19-21-25-29-33-40-46-52-67(72)80-57-64(85-68(73)53-47-41-34-30-26-23-20-22-24-28-31-37-43-49-61(4)5)59-83-87(75,76)81-55-63(70)56-82-88(77,78)84-60-65(58-79-66(71)51-45-39-32-27-17-15-13-11-8-2)86-69(74)54-48-42-36-35-38-44-50-62(6)9-3/h61-65,70H,7-60H2,1-6H3,(H,75,76)(H,77,78)/t62?,63-,64-,65-/m1/s1. The maximum Gasteiger partial charge on any atom is 0.472 e. The van der Waals surface area contributed by atoms with Gasteiger partial charge in [0, 0.05) is 25.7 Å². The van der Waals surface area contributed by atoms with Crippen molar-refractivity contribution >= 4 is 39.5 Å². The summed E-state index contributed by atoms with van der Waals surface area (Å²) in [5.74, 6) is -0.621. The molecule has 0 aromatic heterocycles. The van der Waals surface area contributed by atoms with Crippen molar-refractivity contribution in [3.63, 3.8) is 0 Å². The first-order valence-corrected chi connectivity index (χ1v) is 39.0. The fourth-order valence-electron chi connectivity index (χ4n) is 10.4. The SMILES string of the molecule is CCCCCCCCCCCCCCCC(=O)OC[C@H](COP(=O)(O)OC[C@@H](O)COP(=O)(O)OC[C@@H](COC(=O)CCCCCCCCCCC)OC(=O)CCCCCCCCC(C)CC)OC(=O)CCCCCCCCCCCCCCCC(C)C. The molecule has 3 unspecified atom stereocenters. The molecule has 0 saturated heterocycles. The van der Waals surface area contributed by atoms with E-state index in [4.69, 9.17) is 37.0 Å². The fraction of sp³-hybridized carbons (Fsp3) is 0.942. The highest BCUT2D eigenvalue weighted by molar-refractivity contribution is 7.47. The topological polar surface area (TPSA) is 237 Å². The summed E-state index contributed by atoms with van der Waals surface area (Å²) in [5.41, 5.74) is 0. The van der Waals surface area contributed by atoms with Gasteiger partial charge in [-0.15, -0.1) is 0 Å². The maximum absolute atomic E-state index is 13.0. The van der Waals surface area contributed by atoms with Crippen LogP contribution in [0.1, 0.15) is 350 Å². The number of carbonyl (C=O) groups excluding carboxylic acids is 4. The molecule has 0 aliphatic rings. The van der Waals surface area contributed by atoms with Crippen molar-refractivity contribution in [1.29, 1.82) is 0 Å². The molecule has 88 heavy (non-hydrogen) atoms. The van der Waals surface area contributed by atoms with E-state index in [1.807, 2.05) is 0 Å². The lowest BCUT2D eigenvalue weighted by molar-refractivity contribution is -0.161. The van der Waals surface area contributed by atoms with Crippen molar-refractivity contribution in [2.75, 3.05) is 39.6 Å². The summed E-state index contributed by atoms with van der Waals surface area (Å²) in [6.45, 7) is 9.49. The summed E-state index contributed by atoms with van der Waals surface area (Å²) in [5, 5.41) is 10.6. The first-order chi connectivity index (χ1) is 42.4. The second-order valence-electron chi connectivity index (χ2n) is 25.6. The molecule has 17 nitrogen and oxygen atoms in total. The Kier molecular flexibility index (Phi) is 59.9. The van der Waals surface area contributed by atoms with Gasteiger partial charge in [-0.25, -0.2) is 9.13 Å². The number of phosphoric ester groups is 2. The number of phosphoric acid groups is 2. The molecule has 0 fully saturated rings. The van der Waals surface area contributed by atoms with Gasteiger partial charge in [-0.2, -0.15) is 0 Å². The van der Waals surface area contributed by atoms with Crippen LogP contribution in [0.25, 0.3) is 0 Å². The molecule has 522 valence electrons. The highest BCUT2D eigenvalue weighted by atomic mass is 31.2. The molecule has 0 radical (unpaired) electrons. The van der Waals surface area contributed by atoms with Crippen LogP contribution in [-0.4, -0.2) is 96.7 Å². The Labute approximate surface area is 537 Å². The third kappa shape index (κ3) is 61.6. The van der Waals surface area contributed by atoms with Crippen LogP contribution in [0.4, 0.5) is 0 Å². The zero-order chi connectivity index (χ0) is 65.0. The lowest BCUT2D eigenvalue weighted by Crippen LogP contribution is -2.30. The van der Waals surface area contributed by atoms with E-state index in [2.05, 4.69) is 41.5 Å². The van der Waals surface area contributed by atoms with E-state index in [9.17, 15) is 43.2 Å². The minimum Gasteiger partial charge on any atom is -0.462 e. The van der Waals surface area contributed by atoms with Crippen molar-refractivity contribution in [3.8, 4) is 0 Å². The predicted octanol–water partition coefficient (Wildman–Crippen LogP) is 19.6. The zero-order valence-electron chi connectivity index (χ0n) is 57.0. The predicted molar refractivity (Wildman–Crippen MR) is 354 cm³/mol. The average Bonchev–Trinajstić information content (AvgIpc) is 3.68. The van der Waals surface area contributed by atoms with Crippen LogP contribution >= 0.6 is 15.6 Å². The maximum atomic E-state index is 13.0. The summed E-state index contributed by atoms with van der Waals surface area (Å²) in [6, 6.07) is 0. The minimum atomic E-state index is -4.95. The van der Waals surface area contributed by atoms with Crippen LogP contribution < -0.4 is 0 Å². The third-order valence-corrected chi connectivity index (χ3v) is 18.2. The van der Waals surface area contributed by atoms with E-state index in [0.29, 0.717) is 25.7 Å². The number of unbranched alkanes of at least 4 members (excludes halogenated alkanes) is 37. The van der Waals surface area contributed by atoms with Crippen LogP contribution in [0, 0.1) is 11.8 Å². The van der Waals surface area contributed by atoms with Crippen LogP contribution in [0.5, 0.6) is 0 Å². The molecule has 0 heterocycles. The molecule has 0 spiro atoms. The highest BCUT2D eigenvalue weighted by Gasteiger charge is 2.30. The zero-order valence-corrected chi connectivity index (χ0v) is 58.8. The lowest BCUT2D eigenvalue weighted by Gasteiger charge is -2.21. The minimum absolute atomic E-state index is 0.103. The van der Waals surface area contributed by atoms with Crippen molar-refractivity contribution < 1.29 is 80.2 Å². The Balaban J connectivity index is 5.23. The van der Waals surface area contributed by atoms with Crippen molar-refractivity contribution in [3.05, 3.63) is 0 Å². The molecule has 6 atom stereocenters. The second-order valence-corrected chi connectivity index (χ2v) is 28.5. The van der Waals surface area contributed by atoms with E-state index in [-0.39, 0.29) is 25.7 Å². The monoisotopic (exact) mass is 1300 g/mol. The summed E-state index contributed by atoms with van der Waals surface area (Å²) >= 11 is 0. The van der Waals surface area contributed by atoms with E-state index in [1.165, 1.54) is 167 Å². The van der Waals surface area contributed by atoms with Gasteiger partial charge < -0.3 is 33.8 Å². The fourth-order valence-corrected chi connectivity index (χ4v) is 12.0. The van der Waals surface area contributed by atoms with Crippen molar-refractivity contribution in [2.45, 2.75) is 368 Å². The summed E-state index contributed by atoms with van der Waals surface area (Å²) in [7, 11) is -9.90. The Morgan fingerprint density at radius 1 is 0.330 bits per heavy atom. The van der Waals surface area contributed by atoms with Gasteiger partial charge in [0.2, 0.25) is 0 Å². The van der Waals surface area contributed by atoms with Crippen molar-refractivity contribution in [2.24, 2.45) is 11.8 Å². The smallest absolute Gasteiger partial charge is 0.462 e. The summed E-state index contributed by atoms with van der Waals surface area (Å²) < 4.78 is 68.2. The van der Waals surface area contributed by atoms with Gasteiger partial charge in [0.1, 0.15) is 19.3 Å². The number of aliphatic hydroxyl groups is 1. The van der Waals surface area contributed by atoms with Gasteiger partial charge in [0.05, 0.1) is 26.4 Å². The Morgan fingerprint density at radius 3 is 0.864 bits per heavy atom. The first kappa shape index (κ1) is 86.1. The molecule has 19 heteroatoms. The van der Waals surface area contributed by atoms with Crippen LogP contribution in [-0.2, 0) is 65.4 Å². The molecule has 3 N–H and O–H groups in total. The van der Waals surface area contributed by atoms with E-state index >= 15 is 0 Å². The number of rotatable bonds is 68. The summed E-state index contributed by atoms with van der Waals surface area (Å²) in [4.78, 5) is 72.4. The number of esters is 4. The largest absolute Gasteiger partial charge is 0.472 e. The average molecular weight is 1300 g/mol. The molecular formula is C69H134O17P2. The van der Waals surface area contributed by atoms with Crippen molar-refractivity contribution in [1.82, 2.24) is 0 Å². The molecule has 0 rings (SSSR count). The van der Waals surface area contributed by atoms with Gasteiger partial charge in [-0.3, -0.25) is 37.3 Å². The Morgan fingerprint density at radius 2 is 0.580 bits per heavy atom. The number of carbonyl (C=O) groups is 4. The van der Waals surface area contributed by atoms with Crippen LogP contribution in [0.3, 0.4) is 0 Å². The molecule has 0 aliphatic carbocycles. The molecule has 0 aromatic rings. The third-order valence-electron chi connectivity index (χ3n) is 16.3. The number of ether oxygens (including phenoxy) is 4. The van der Waals surface area contributed by atoms with Crippen LogP contribution in [0.2, 0.25) is 0 Å². The van der Waals surface area contributed by atoms with E-state index < -0.39 is 97.5 Å². The van der Waals surface area contributed by atoms with Gasteiger partial charge in [-0.05, 0) is 37.5 Å². The summed E-state index contributed by atoms with van der Waals surface area (Å²) in [6.07, 6.45) is 45.8. The highest BCUT2D eigenvalue weighted by Crippen LogP contribution is 2.45.